The largest absolute Gasteiger partial charge is 0.340 e. The molecule has 0 bridgehead atoms. The van der Waals surface area contributed by atoms with Crippen LogP contribution >= 0.6 is 0 Å². The van der Waals surface area contributed by atoms with Crippen LogP contribution in [0.3, 0.4) is 0 Å². The number of halogens is 1. The molecule has 1 aliphatic rings. The van der Waals surface area contributed by atoms with Crippen molar-refractivity contribution in [3.8, 4) is 0 Å². The van der Waals surface area contributed by atoms with Gasteiger partial charge < -0.3 is 10.2 Å². The van der Waals surface area contributed by atoms with Gasteiger partial charge in [-0.1, -0.05) is 12.1 Å². The molecule has 0 saturated carbocycles. The van der Waals surface area contributed by atoms with Gasteiger partial charge in [-0.25, -0.2) is 22.8 Å². The Kier molecular flexibility index (Phi) is 5.52. The zero-order valence-electron chi connectivity index (χ0n) is 14.9. The maximum atomic E-state index is 13.4. The van der Waals surface area contributed by atoms with Crippen molar-refractivity contribution in [2.75, 3.05) is 31.3 Å². The van der Waals surface area contributed by atoms with Crippen LogP contribution in [0.5, 0.6) is 0 Å². The number of hydrogen-bond donors (Lipinski definition) is 1. The highest BCUT2D eigenvalue weighted by Crippen LogP contribution is 2.28. The summed E-state index contributed by atoms with van der Waals surface area (Å²) in [6.45, 7) is 2.06. The molecule has 26 heavy (non-hydrogen) atoms. The molecule has 1 saturated heterocycles. The Morgan fingerprint density at radius 3 is 2.85 bits per heavy atom. The topological polar surface area (TPSA) is 75.2 Å². The SMILES string of the molecule is CN(Cc1cccc(F)c1)c1ncc(S(C)(=O)=O)c([C@H]2CCCNC2)n1. The van der Waals surface area contributed by atoms with Gasteiger partial charge in [0.1, 0.15) is 10.7 Å². The van der Waals surface area contributed by atoms with Gasteiger partial charge in [0.15, 0.2) is 9.84 Å². The van der Waals surface area contributed by atoms with Crippen LogP contribution in [0.15, 0.2) is 35.4 Å². The van der Waals surface area contributed by atoms with Crippen molar-refractivity contribution in [1.29, 1.82) is 0 Å². The van der Waals surface area contributed by atoms with E-state index in [1.54, 1.807) is 11.0 Å². The summed E-state index contributed by atoms with van der Waals surface area (Å²) >= 11 is 0. The molecular formula is C18H23FN4O2S. The van der Waals surface area contributed by atoms with Crippen LogP contribution in [-0.2, 0) is 16.4 Å². The number of rotatable bonds is 5. The zero-order valence-corrected chi connectivity index (χ0v) is 15.8. The van der Waals surface area contributed by atoms with Crippen LogP contribution in [0.25, 0.3) is 0 Å². The zero-order chi connectivity index (χ0) is 18.7. The lowest BCUT2D eigenvalue weighted by atomic mass is 9.96. The monoisotopic (exact) mass is 378 g/mol. The van der Waals surface area contributed by atoms with E-state index in [1.165, 1.54) is 24.6 Å². The standard InChI is InChI=1S/C18H23FN4O2S/c1-23(12-13-5-3-7-15(19)9-13)18-21-11-16(26(2,24)25)17(22-18)14-6-4-8-20-10-14/h3,5,7,9,11,14,20H,4,6,8,10,12H2,1-2H3/t14-/m0/s1. The van der Waals surface area contributed by atoms with E-state index in [1.807, 2.05) is 13.1 Å². The smallest absolute Gasteiger partial charge is 0.225 e. The second kappa shape index (κ2) is 7.67. The van der Waals surface area contributed by atoms with Crippen molar-refractivity contribution in [3.63, 3.8) is 0 Å². The molecule has 3 rings (SSSR count). The Hall–Kier alpha value is -2.06. The number of sulfone groups is 1. The van der Waals surface area contributed by atoms with Gasteiger partial charge in [-0.3, -0.25) is 0 Å². The van der Waals surface area contributed by atoms with Gasteiger partial charge in [0.05, 0.1) is 11.9 Å². The summed E-state index contributed by atoms with van der Waals surface area (Å²) in [5.74, 6) is 0.179. The van der Waals surface area contributed by atoms with Crippen molar-refractivity contribution in [2.45, 2.75) is 30.2 Å². The first kappa shape index (κ1) is 18.7. The molecule has 1 aromatic heterocycles. The van der Waals surface area contributed by atoms with E-state index in [4.69, 9.17) is 0 Å². The highest BCUT2D eigenvalue weighted by molar-refractivity contribution is 7.90. The Morgan fingerprint density at radius 1 is 1.38 bits per heavy atom. The van der Waals surface area contributed by atoms with Crippen molar-refractivity contribution in [2.24, 2.45) is 0 Å². The minimum atomic E-state index is -3.41. The molecule has 1 aromatic carbocycles. The average Bonchev–Trinajstić information content (AvgIpc) is 2.61. The summed E-state index contributed by atoms with van der Waals surface area (Å²) < 4.78 is 37.7. The molecule has 2 heterocycles. The molecule has 140 valence electrons. The van der Waals surface area contributed by atoms with E-state index >= 15 is 0 Å². The first-order valence-electron chi connectivity index (χ1n) is 8.58. The fourth-order valence-corrected chi connectivity index (χ4v) is 4.04. The molecule has 6 nitrogen and oxygen atoms in total. The molecule has 1 aliphatic heterocycles. The van der Waals surface area contributed by atoms with Crippen LogP contribution in [0.1, 0.15) is 30.0 Å². The quantitative estimate of drug-likeness (QED) is 0.859. The molecule has 1 fully saturated rings. The Labute approximate surface area is 153 Å². The third-order valence-corrected chi connectivity index (χ3v) is 5.62. The second-order valence-corrected chi connectivity index (χ2v) is 8.71. The van der Waals surface area contributed by atoms with E-state index in [-0.39, 0.29) is 16.6 Å². The highest BCUT2D eigenvalue weighted by Gasteiger charge is 2.25. The summed E-state index contributed by atoms with van der Waals surface area (Å²) in [6.07, 6.45) is 4.44. The van der Waals surface area contributed by atoms with Gasteiger partial charge in [-0.15, -0.1) is 0 Å². The van der Waals surface area contributed by atoms with Crippen LogP contribution in [0, 0.1) is 5.82 Å². The summed E-state index contributed by atoms with van der Waals surface area (Å²) in [4.78, 5) is 10.8. The predicted octanol–water partition coefficient (Wildman–Crippen LogP) is 2.12. The third kappa shape index (κ3) is 4.37. The van der Waals surface area contributed by atoms with Crippen molar-refractivity contribution < 1.29 is 12.8 Å². The van der Waals surface area contributed by atoms with E-state index in [0.29, 0.717) is 24.7 Å². The van der Waals surface area contributed by atoms with Gasteiger partial charge in [0.2, 0.25) is 5.95 Å². The van der Waals surface area contributed by atoms with Gasteiger partial charge in [0.25, 0.3) is 0 Å². The molecule has 0 radical (unpaired) electrons. The Morgan fingerprint density at radius 2 is 2.19 bits per heavy atom. The minimum absolute atomic E-state index is 0.0396. The Bertz CT molecular complexity index is 883. The molecule has 0 spiro atoms. The lowest BCUT2D eigenvalue weighted by Crippen LogP contribution is -2.30. The number of aromatic nitrogens is 2. The summed E-state index contributed by atoms with van der Waals surface area (Å²) in [5, 5.41) is 3.30. The lowest BCUT2D eigenvalue weighted by molar-refractivity contribution is 0.447. The maximum Gasteiger partial charge on any atom is 0.225 e. The van der Waals surface area contributed by atoms with Crippen molar-refractivity contribution in [3.05, 3.63) is 47.5 Å². The van der Waals surface area contributed by atoms with E-state index < -0.39 is 9.84 Å². The molecule has 0 amide bonds. The van der Waals surface area contributed by atoms with Gasteiger partial charge in [-0.05, 0) is 37.1 Å². The third-order valence-electron chi connectivity index (χ3n) is 4.50. The number of nitrogens with zero attached hydrogens (tertiary/aromatic N) is 3. The molecule has 2 aromatic rings. The minimum Gasteiger partial charge on any atom is -0.340 e. The summed E-state index contributed by atoms with van der Waals surface area (Å²) in [7, 11) is -1.60. The number of benzene rings is 1. The maximum absolute atomic E-state index is 13.4. The van der Waals surface area contributed by atoms with Crippen molar-refractivity contribution >= 4 is 15.8 Å². The van der Waals surface area contributed by atoms with Crippen LogP contribution in [0.4, 0.5) is 10.3 Å². The number of hydrogen-bond acceptors (Lipinski definition) is 6. The average molecular weight is 378 g/mol. The van der Waals surface area contributed by atoms with Crippen LogP contribution in [0.2, 0.25) is 0 Å². The van der Waals surface area contributed by atoms with E-state index in [0.717, 1.165) is 24.9 Å². The molecular weight excluding hydrogens is 355 g/mol. The fourth-order valence-electron chi connectivity index (χ4n) is 3.20. The molecule has 0 aliphatic carbocycles. The van der Waals surface area contributed by atoms with Crippen molar-refractivity contribution in [1.82, 2.24) is 15.3 Å². The summed E-state index contributed by atoms with van der Waals surface area (Å²) in [5.41, 5.74) is 1.36. The second-order valence-electron chi connectivity index (χ2n) is 6.72. The first-order chi connectivity index (χ1) is 12.3. The first-order valence-corrected chi connectivity index (χ1v) is 10.5. The number of nitrogens with one attached hydrogen (secondary N) is 1. The number of piperidine rings is 1. The molecule has 1 N–H and O–H groups in total. The van der Waals surface area contributed by atoms with Gasteiger partial charge in [-0.2, -0.15) is 0 Å². The fraction of sp³-hybridized carbons (Fsp3) is 0.444. The molecule has 8 heteroatoms. The van der Waals surface area contributed by atoms with Crippen LogP contribution in [-0.4, -0.2) is 44.8 Å². The lowest BCUT2D eigenvalue weighted by Gasteiger charge is -2.25. The van der Waals surface area contributed by atoms with Gasteiger partial charge >= 0.3 is 0 Å². The van der Waals surface area contributed by atoms with E-state index in [9.17, 15) is 12.8 Å². The number of anilines is 1. The van der Waals surface area contributed by atoms with E-state index in [2.05, 4.69) is 15.3 Å². The molecule has 0 unspecified atom stereocenters. The van der Waals surface area contributed by atoms with Gasteiger partial charge in [0, 0.05) is 32.3 Å². The molecule has 1 atom stereocenters. The highest BCUT2D eigenvalue weighted by atomic mass is 32.2. The normalized spacial score (nSPS) is 17.9. The summed E-state index contributed by atoms with van der Waals surface area (Å²) in [6, 6.07) is 6.35. The van der Waals surface area contributed by atoms with Crippen LogP contribution < -0.4 is 10.2 Å². The Balaban J connectivity index is 1.92. The predicted molar refractivity (Wildman–Crippen MR) is 98.5 cm³/mol.